The first-order valence-corrected chi connectivity index (χ1v) is 7.96. The SMILES string of the molecule is CN(C)c1ccc(/C=N\NC(=O)C(=O)NCc2ccc(Cl)cc2)cc1. The largest absolute Gasteiger partial charge is 0.378 e. The number of amides is 2. The van der Waals surface area contributed by atoms with Crippen molar-refractivity contribution in [3.8, 4) is 0 Å². The molecule has 2 aromatic carbocycles. The normalized spacial score (nSPS) is 10.5. The molecule has 0 aromatic heterocycles. The summed E-state index contributed by atoms with van der Waals surface area (Å²) in [6.45, 7) is 0.235. The Morgan fingerprint density at radius 2 is 1.68 bits per heavy atom. The first-order chi connectivity index (χ1) is 12.0. The molecule has 0 spiro atoms. The molecular formula is C18H19ClN4O2. The summed E-state index contributed by atoms with van der Waals surface area (Å²) in [5.41, 5.74) is 4.91. The first kappa shape index (κ1) is 18.5. The zero-order valence-electron chi connectivity index (χ0n) is 14.0. The molecule has 130 valence electrons. The second kappa shape index (κ2) is 8.84. The van der Waals surface area contributed by atoms with E-state index in [9.17, 15) is 9.59 Å². The molecular weight excluding hydrogens is 340 g/mol. The quantitative estimate of drug-likeness (QED) is 0.488. The maximum absolute atomic E-state index is 11.7. The fourth-order valence-electron chi connectivity index (χ4n) is 1.94. The maximum Gasteiger partial charge on any atom is 0.329 e. The van der Waals surface area contributed by atoms with Gasteiger partial charge >= 0.3 is 11.8 Å². The molecule has 0 saturated carbocycles. The summed E-state index contributed by atoms with van der Waals surface area (Å²) >= 11 is 5.79. The number of nitrogens with zero attached hydrogens (tertiary/aromatic N) is 2. The predicted octanol–water partition coefficient (Wildman–Crippen LogP) is 2.17. The zero-order valence-corrected chi connectivity index (χ0v) is 14.7. The number of anilines is 1. The van der Waals surface area contributed by atoms with Gasteiger partial charge in [0.25, 0.3) is 0 Å². The van der Waals surface area contributed by atoms with Crippen LogP contribution in [-0.4, -0.2) is 32.1 Å². The Hall–Kier alpha value is -2.86. The highest BCUT2D eigenvalue weighted by Gasteiger charge is 2.11. The lowest BCUT2D eigenvalue weighted by molar-refractivity contribution is -0.139. The maximum atomic E-state index is 11.7. The van der Waals surface area contributed by atoms with Gasteiger partial charge in [0.05, 0.1) is 6.21 Å². The van der Waals surface area contributed by atoms with E-state index in [1.807, 2.05) is 43.3 Å². The Morgan fingerprint density at radius 3 is 2.28 bits per heavy atom. The van der Waals surface area contributed by atoms with E-state index in [4.69, 9.17) is 11.6 Å². The van der Waals surface area contributed by atoms with E-state index < -0.39 is 11.8 Å². The van der Waals surface area contributed by atoms with Gasteiger partial charge in [0.15, 0.2) is 0 Å². The van der Waals surface area contributed by atoms with Gasteiger partial charge in [-0.25, -0.2) is 5.43 Å². The molecule has 0 atom stereocenters. The van der Waals surface area contributed by atoms with Crippen LogP contribution in [0.25, 0.3) is 0 Å². The molecule has 25 heavy (non-hydrogen) atoms. The van der Waals surface area contributed by atoms with E-state index in [2.05, 4.69) is 15.8 Å². The van der Waals surface area contributed by atoms with Crippen LogP contribution >= 0.6 is 11.6 Å². The van der Waals surface area contributed by atoms with Gasteiger partial charge in [0, 0.05) is 31.4 Å². The summed E-state index contributed by atoms with van der Waals surface area (Å²) in [6, 6.07) is 14.6. The molecule has 0 aliphatic heterocycles. The van der Waals surface area contributed by atoms with Crippen molar-refractivity contribution in [3.63, 3.8) is 0 Å². The van der Waals surface area contributed by atoms with Crippen molar-refractivity contribution in [2.75, 3.05) is 19.0 Å². The number of benzene rings is 2. The van der Waals surface area contributed by atoms with Gasteiger partial charge in [-0.15, -0.1) is 0 Å². The molecule has 0 bridgehead atoms. The Morgan fingerprint density at radius 1 is 1.04 bits per heavy atom. The molecule has 0 unspecified atom stereocenters. The number of carbonyl (C=O) groups is 2. The molecule has 7 heteroatoms. The Kier molecular flexibility index (Phi) is 6.54. The average molecular weight is 359 g/mol. The van der Waals surface area contributed by atoms with Crippen LogP contribution in [0.15, 0.2) is 53.6 Å². The number of halogens is 1. The van der Waals surface area contributed by atoms with Gasteiger partial charge in [-0.2, -0.15) is 5.10 Å². The van der Waals surface area contributed by atoms with Crippen LogP contribution in [0, 0.1) is 0 Å². The van der Waals surface area contributed by atoms with Crippen LogP contribution in [0.3, 0.4) is 0 Å². The number of rotatable bonds is 5. The minimum atomic E-state index is -0.824. The second-order valence-corrected chi connectivity index (χ2v) is 5.93. The molecule has 2 amide bonds. The van der Waals surface area contributed by atoms with Gasteiger partial charge in [-0.1, -0.05) is 35.9 Å². The van der Waals surface area contributed by atoms with Crippen molar-refractivity contribution in [1.82, 2.24) is 10.7 Å². The highest BCUT2D eigenvalue weighted by molar-refractivity contribution is 6.35. The van der Waals surface area contributed by atoms with E-state index in [1.165, 1.54) is 6.21 Å². The lowest BCUT2D eigenvalue weighted by atomic mass is 10.2. The van der Waals surface area contributed by atoms with E-state index in [-0.39, 0.29) is 6.54 Å². The van der Waals surface area contributed by atoms with Crippen LogP contribution in [0.1, 0.15) is 11.1 Å². The van der Waals surface area contributed by atoms with Crippen LogP contribution in [0.5, 0.6) is 0 Å². The molecule has 2 rings (SSSR count). The standard InChI is InChI=1S/C18H19ClN4O2/c1-23(2)16-9-5-14(6-10-16)12-21-22-18(25)17(24)20-11-13-3-7-15(19)8-4-13/h3-10,12H,11H2,1-2H3,(H,20,24)(H,22,25)/b21-12-. The molecule has 2 N–H and O–H groups in total. The molecule has 0 heterocycles. The molecule has 2 aromatic rings. The summed E-state index contributed by atoms with van der Waals surface area (Å²) < 4.78 is 0. The van der Waals surface area contributed by atoms with Crippen molar-refractivity contribution >= 4 is 35.3 Å². The topological polar surface area (TPSA) is 73.8 Å². The summed E-state index contributed by atoms with van der Waals surface area (Å²) in [5.74, 6) is -1.58. The van der Waals surface area contributed by atoms with Gasteiger partial charge in [0.1, 0.15) is 0 Å². The Bertz CT molecular complexity index is 756. The van der Waals surface area contributed by atoms with E-state index >= 15 is 0 Å². The van der Waals surface area contributed by atoms with Crippen molar-refractivity contribution < 1.29 is 9.59 Å². The number of carbonyl (C=O) groups excluding carboxylic acids is 2. The Balaban J connectivity index is 1.80. The molecule has 0 saturated heterocycles. The van der Waals surface area contributed by atoms with Crippen LogP contribution in [0.4, 0.5) is 5.69 Å². The van der Waals surface area contributed by atoms with Crippen molar-refractivity contribution in [2.45, 2.75) is 6.54 Å². The van der Waals surface area contributed by atoms with Crippen molar-refractivity contribution in [1.29, 1.82) is 0 Å². The van der Waals surface area contributed by atoms with E-state index in [0.29, 0.717) is 5.02 Å². The molecule has 0 fully saturated rings. The monoisotopic (exact) mass is 358 g/mol. The fraction of sp³-hybridized carbons (Fsp3) is 0.167. The van der Waals surface area contributed by atoms with E-state index in [0.717, 1.165) is 16.8 Å². The van der Waals surface area contributed by atoms with Crippen LogP contribution in [-0.2, 0) is 16.1 Å². The van der Waals surface area contributed by atoms with Crippen molar-refractivity contribution in [2.24, 2.45) is 5.10 Å². The molecule has 0 radical (unpaired) electrons. The van der Waals surface area contributed by atoms with Gasteiger partial charge in [0.2, 0.25) is 0 Å². The third kappa shape index (κ3) is 5.93. The highest BCUT2D eigenvalue weighted by Crippen LogP contribution is 2.11. The lowest BCUT2D eigenvalue weighted by Crippen LogP contribution is -2.37. The van der Waals surface area contributed by atoms with Gasteiger partial charge in [-0.05, 0) is 35.4 Å². The zero-order chi connectivity index (χ0) is 18.2. The van der Waals surface area contributed by atoms with E-state index in [1.54, 1.807) is 24.3 Å². The first-order valence-electron chi connectivity index (χ1n) is 7.59. The molecule has 0 aliphatic rings. The van der Waals surface area contributed by atoms with Gasteiger partial charge in [-0.3, -0.25) is 9.59 Å². The molecule has 6 nitrogen and oxygen atoms in total. The third-order valence-electron chi connectivity index (χ3n) is 3.36. The smallest absolute Gasteiger partial charge is 0.329 e. The fourth-order valence-corrected chi connectivity index (χ4v) is 2.07. The Labute approximate surface area is 151 Å². The van der Waals surface area contributed by atoms with Crippen molar-refractivity contribution in [3.05, 3.63) is 64.7 Å². The minimum Gasteiger partial charge on any atom is -0.378 e. The van der Waals surface area contributed by atoms with Crippen LogP contribution in [0.2, 0.25) is 5.02 Å². The summed E-state index contributed by atoms with van der Waals surface area (Å²) in [7, 11) is 3.90. The summed E-state index contributed by atoms with van der Waals surface area (Å²) in [5, 5.41) is 6.91. The number of hydrogen-bond acceptors (Lipinski definition) is 4. The second-order valence-electron chi connectivity index (χ2n) is 5.49. The van der Waals surface area contributed by atoms with Crippen LogP contribution < -0.4 is 15.6 Å². The van der Waals surface area contributed by atoms with Gasteiger partial charge < -0.3 is 10.2 Å². The number of hydrogen-bond donors (Lipinski definition) is 2. The minimum absolute atomic E-state index is 0.235. The highest BCUT2D eigenvalue weighted by atomic mass is 35.5. The predicted molar refractivity (Wildman–Crippen MR) is 99.8 cm³/mol. The average Bonchev–Trinajstić information content (AvgIpc) is 2.61. The third-order valence-corrected chi connectivity index (χ3v) is 3.61. The number of hydrazone groups is 1. The molecule has 0 aliphatic carbocycles. The number of nitrogens with one attached hydrogen (secondary N) is 2. The summed E-state index contributed by atoms with van der Waals surface area (Å²) in [4.78, 5) is 25.4. The lowest BCUT2D eigenvalue weighted by Gasteiger charge is -2.11. The summed E-state index contributed by atoms with van der Waals surface area (Å²) in [6.07, 6.45) is 1.48.